The zero-order chi connectivity index (χ0) is 20.1. The fraction of sp³-hybridized carbons (Fsp3) is 0.500. The number of anilines is 1. The maximum absolute atomic E-state index is 12.3. The van der Waals surface area contributed by atoms with Crippen molar-refractivity contribution in [2.75, 3.05) is 24.5 Å². The Morgan fingerprint density at radius 1 is 1.21 bits per heavy atom. The van der Waals surface area contributed by atoms with Gasteiger partial charge in [-0.3, -0.25) is 4.79 Å². The van der Waals surface area contributed by atoms with E-state index in [0.29, 0.717) is 18.0 Å². The van der Waals surface area contributed by atoms with Crippen LogP contribution in [-0.4, -0.2) is 35.5 Å². The number of benzene rings is 1. The zero-order valence-corrected chi connectivity index (χ0v) is 18.1. The van der Waals surface area contributed by atoms with Crippen LogP contribution in [0.25, 0.3) is 0 Å². The Labute approximate surface area is 172 Å². The van der Waals surface area contributed by atoms with E-state index in [2.05, 4.69) is 49.0 Å². The van der Waals surface area contributed by atoms with Crippen molar-refractivity contribution in [3.05, 3.63) is 46.6 Å². The molecule has 1 N–H and O–H groups in total. The number of carbonyl (C=O) groups is 1. The molecule has 150 valence electrons. The standard InChI is InChI=1S/C22H30N4OS/c1-15(2)13-23-21(27)19-9-7-8-18(12-19)14-28-22-24-17(4)16(3)20(25-22)26-10-5-6-11-26/h7-9,12,15H,5-6,10-11,13-14H2,1-4H3,(H,23,27). The second-order valence-corrected chi connectivity index (χ2v) is 8.77. The third-order valence-corrected chi connectivity index (χ3v) is 5.90. The third kappa shape index (κ3) is 5.25. The van der Waals surface area contributed by atoms with Gasteiger partial charge in [0.05, 0.1) is 0 Å². The average molecular weight is 399 g/mol. The van der Waals surface area contributed by atoms with Crippen LogP contribution in [0.4, 0.5) is 5.82 Å². The van der Waals surface area contributed by atoms with E-state index < -0.39 is 0 Å². The van der Waals surface area contributed by atoms with Gasteiger partial charge in [-0.25, -0.2) is 9.97 Å². The number of carbonyl (C=O) groups excluding carboxylic acids is 1. The largest absolute Gasteiger partial charge is 0.356 e. The molecule has 1 amide bonds. The summed E-state index contributed by atoms with van der Waals surface area (Å²) in [6, 6.07) is 7.82. The van der Waals surface area contributed by atoms with Crippen LogP contribution < -0.4 is 10.2 Å². The van der Waals surface area contributed by atoms with Gasteiger partial charge >= 0.3 is 0 Å². The van der Waals surface area contributed by atoms with Crippen molar-refractivity contribution in [2.45, 2.75) is 51.4 Å². The van der Waals surface area contributed by atoms with Gasteiger partial charge in [-0.2, -0.15) is 0 Å². The molecule has 28 heavy (non-hydrogen) atoms. The van der Waals surface area contributed by atoms with Crippen LogP contribution >= 0.6 is 11.8 Å². The van der Waals surface area contributed by atoms with Crippen molar-refractivity contribution in [3.63, 3.8) is 0 Å². The zero-order valence-electron chi connectivity index (χ0n) is 17.3. The maximum atomic E-state index is 12.3. The van der Waals surface area contributed by atoms with Crippen molar-refractivity contribution >= 4 is 23.5 Å². The first-order chi connectivity index (χ1) is 13.4. The molecule has 5 nitrogen and oxygen atoms in total. The number of nitrogens with one attached hydrogen (secondary N) is 1. The van der Waals surface area contributed by atoms with Gasteiger partial charge in [0.15, 0.2) is 5.16 Å². The van der Waals surface area contributed by atoms with E-state index in [-0.39, 0.29) is 5.91 Å². The molecule has 1 aliphatic rings. The fourth-order valence-electron chi connectivity index (χ4n) is 3.24. The van der Waals surface area contributed by atoms with Crippen LogP contribution in [0.2, 0.25) is 0 Å². The van der Waals surface area contributed by atoms with Gasteiger partial charge in [-0.05, 0) is 50.3 Å². The average Bonchev–Trinajstić information content (AvgIpc) is 3.21. The molecule has 0 unspecified atom stereocenters. The van der Waals surface area contributed by atoms with Gasteiger partial charge < -0.3 is 10.2 Å². The van der Waals surface area contributed by atoms with E-state index in [9.17, 15) is 4.79 Å². The highest BCUT2D eigenvalue weighted by Crippen LogP contribution is 2.28. The quantitative estimate of drug-likeness (QED) is 0.554. The van der Waals surface area contributed by atoms with Crippen LogP contribution in [0.3, 0.4) is 0 Å². The number of thioether (sulfide) groups is 1. The molecule has 1 saturated heterocycles. The third-order valence-electron chi connectivity index (χ3n) is 4.98. The fourth-order valence-corrected chi connectivity index (χ4v) is 4.07. The molecule has 1 aliphatic heterocycles. The Kier molecular flexibility index (Phi) is 6.94. The first-order valence-electron chi connectivity index (χ1n) is 10.0. The lowest BCUT2D eigenvalue weighted by atomic mass is 10.1. The number of rotatable bonds is 7. The van der Waals surface area contributed by atoms with Crippen molar-refractivity contribution in [1.29, 1.82) is 0 Å². The van der Waals surface area contributed by atoms with Gasteiger partial charge in [0.1, 0.15) is 5.82 Å². The minimum Gasteiger partial charge on any atom is -0.356 e. The summed E-state index contributed by atoms with van der Waals surface area (Å²) in [5.41, 5.74) is 4.03. The smallest absolute Gasteiger partial charge is 0.251 e. The molecule has 3 rings (SSSR count). The summed E-state index contributed by atoms with van der Waals surface area (Å²) in [5.74, 6) is 2.25. The van der Waals surface area contributed by atoms with E-state index in [1.54, 1.807) is 11.8 Å². The van der Waals surface area contributed by atoms with Crippen LogP contribution in [0, 0.1) is 19.8 Å². The summed E-state index contributed by atoms with van der Waals surface area (Å²) >= 11 is 1.63. The summed E-state index contributed by atoms with van der Waals surface area (Å²) in [5, 5.41) is 3.78. The monoisotopic (exact) mass is 398 g/mol. The SMILES string of the molecule is Cc1nc(SCc2cccc(C(=O)NCC(C)C)c2)nc(N2CCCC2)c1C. The highest BCUT2D eigenvalue weighted by Gasteiger charge is 2.18. The molecule has 1 aromatic carbocycles. The summed E-state index contributed by atoms with van der Waals surface area (Å²) in [6.07, 6.45) is 2.47. The molecule has 0 aliphatic carbocycles. The van der Waals surface area contributed by atoms with Gasteiger partial charge in [-0.15, -0.1) is 0 Å². The summed E-state index contributed by atoms with van der Waals surface area (Å²) in [4.78, 5) is 24.2. The maximum Gasteiger partial charge on any atom is 0.251 e. The number of nitrogens with zero attached hydrogens (tertiary/aromatic N) is 3. The van der Waals surface area contributed by atoms with Gasteiger partial charge in [-0.1, -0.05) is 37.7 Å². The highest BCUT2D eigenvalue weighted by molar-refractivity contribution is 7.98. The van der Waals surface area contributed by atoms with Gasteiger partial charge in [0.2, 0.25) is 0 Å². The molecule has 0 atom stereocenters. The molecule has 1 fully saturated rings. The predicted molar refractivity (Wildman–Crippen MR) is 116 cm³/mol. The number of hydrogen-bond donors (Lipinski definition) is 1. The Hall–Kier alpha value is -2.08. The number of aromatic nitrogens is 2. The highest BCUT2D eigenvalue weighted by atomic mass is 32.2. The summed E-state index contributed by atoms with van der Waals surface area (Å²) in [6.45, 7) is 11.2. The molecule has 0 spiro atoms. The Balaban J connectivity index is 1.69. The minimum absolute atomic E-state index is 0.0145. The lowest BCUT2D eigenvalue weighted by Gasteiger charge is -2.20. The van der Waals surface area contributed by atoms with E-state index in [1.165, 1.54) is 18.4 Å². The topological polar surface area (TPSA) is 58.1 Å². The normalized spacial score (nSPS) is 14.0. The summed E-state index contributed by atoms with van der Waals surface area (Å²) < 4.78 is 0. The number of amides is 1. The van der Waals surface area contributed by atoms with Crippen LogP contribution in [0.1, 0.15) is 53.9 Å². The lowest BCUT2D eigenvalue weighted by molar-refractivity contribution is 0.0949. The van der Waals surface area contributed by atoms with Crippen molar-refractivity contribution in [3.8, 4) is 0 Å². The van der Waals surface area contributed by atoms with E-state index in [1.807, 2.05) is 18.2 Å². The summed E-state index contributed by atoms with van der Waals surface area (Å²) in [7, 11) is 0. The van der Waals surface area contributed by atoms with Crippen LogP contribution in [0.15, 0.2) is 29.4 Å². The van der Waals surface area contributed by atoms with E-state index in [0.717, 1.165) is 41.1 Å². The molecule has 2 aromatic rings. The van der Waals surface area contributed by atoms with Crippen LogP contribution in [-0.2, 0) is 5.75 Å². The van der Waals surface area contributed by atoms with Crippen molar-refractivity contribution in [1.82, 2.24) is 15.3 Å². The van der Waals surface area contributed by atoms with Gasteiger partial charge in [0.25, 0.3) is 5.91 Å². The second-order valence-electron chi connectivity index (χ2n) is 7.83. The molecular formula is C22H30N4OS. The second kappa shape index (κ2) is 9.41. The Morgan fingerprint density at radius 2 is 1.96 bits per heavy atom. The van der Waals surface area contributed by atoms with Crippen molar-refractivity contribution in [2.24, 2.45) is 5.92 Å². The van der Waals surface area contributed by atoms with Gasteiger partial charge in [0, 0.05) is 42.2 Å². The van der Waals surface area contributed by atoms with Crippen molar-refractivity contribution < 1.29 is 4.79 Å². The molecule has 6 heteroatoms. The number of hydrogen-bond acceptors (Lipinski definition) is 5. The molecule has 0 radical (unpaired) electrons. The lowest BCUT2D eigenvalue weighted by Crippen LogP contribution is -2.27. The molecular weight excluding hydrogens is 368 g/mol. The Bertz CT molecular complexity index is 831. The molecule has 0 bridgehead atoms. The Morgan fingerprint density at radius 3 is 2.68 bits per heavy atom. The number of aryl methyl sites for hydroxylation is 1. The predicted octanol–water partition coefficient (Wildman–Crippen LogP) is 4.37. The minimum atomic E-state index is -0.0145. The molecule has 0 saturated carbocycles. The molecule has 2 heterocycles. The first kappa shape index (κ1) is 20.6. The van der Waals surface area contributed by atoms with E-state index >= 15 is 0 Å². The first-order valence-corrected chi connectivity index (χ1v) is 11.0. The van der Waals surface area contributed by atoms with Crippen LogP contribution in [0.5, 0.6) is 0 Å². The molecule has 1 aromatic heterocycles. The van der Waals surface area contributed by atoms with E-state index in [4.69, 9.17) is 4.98 Å².